The molecule has 20 heavy (non-hydrogen) atoms. The topological polar surface area (TPSA) is 85.3 Å². The van der Waals surface area contributed by atoms with Gasteiger partial charge in [-0.2, -0.15) is 14.0 Å². The Kier molecular flexibility index (Phi) is 5.87. The lowest BCUT2D eigenvalue weighted by Crippen LogP contribution is -2.15. The van der Waals surface area contributed by atoms with Crippen molar-refractivity contribution in [1.82, 2.24) is 0 Å². The lowest BCUT2D eigenvalue weighted by atomic mass is 9.98. The summed E-state index contributed by atoms with van der Waals surface area (Å²) in [6, 6.07) is 4.44. The van der Waals surface area contributed by atoms with E-state index >= 15 is 0 Å². The quantitative estimate of drug-likeness (QED) is 0.804. The van der Waals surface area contributed by atoms with E-state index in [1.807, 2.05) is 6.07 Å². The monoisotopic (exact) mass is 284 g/mol. The Labute approximate surface area is 114 Å². The molecule has 1 aromatic rings. The molecule has 0 heterocycles. The number of nitrogens with zero attached hydrogens (tertiary/aromatic N) is 1. The van der Waals surface area contributed by atoms with Gasteiger partial charge < -0.3 is 15.2 Å². The van der Waals surface area contributed by atoms with E-state index in [9.17, 15) is 13.6 Å². The van der Waals surface area contributed by atoms with E-state index < -0.39 is 12.6 Å². The van der Waals surface area contributed by atoms with E-state index in [2.05, 4.69) is 4.74 Å². The number of alkyl halides is 2. The number of halogens is 2. The number of carbonyl (C=O) groups is 1. The highest BCUT2D eigenvalue weighted by atomic mass is 19.3. The molecular formula is C13H14F2N2O3. The summed E-state index contributed by atoms with van der Waals surface area (Å²) in [5.41, 5.74) is 6.16. The van der Waals surface area contributed by atoms with Crippen molar-refractivity contribution < 1.29 is 23.0 Å². The fourth-order valence-corrected chi connectivity index (χ4v) is 1.76. The zero-order valence-corrected chi connectivity index (χ0v) is 10.9. The molecule has 0 aliphatic carbocycles. The van der Waals surface area contributed by atoms with Crippen LogP contribution in [0.5, 0.6) is 5.75 Å². The summed E-state index contributed by atoms with van der Waals surface area (Å²) < 4.78 is 33.8. The summed E-state index contributed by atoms with van der Waals surface area (Å²) in [6.45, 7) is -1.31. The molecular weight excluding hydrogens is 270 g/mol. The first-order chi connectivity index (χ1) is 9.53. The van der Waals surface area contributed by atoms with Crippen LogP contribution in [0.15, 0.2) is 12.1 Å². The minimum atomic E-state index is -3.01. The van der Waals surface area contributed by atoms with Gasteiger partial charge >= 0.3 is 12.6 Å². The number of hydrogen-bond acceptors (Lipinski definition) is 5. The van der Waals surface area contributed by atoms with Crippen molar-refractivity contribution in [3.8, 4) is 11.8 Å². The number of rotatable bonds is 6. The van der Waals surface area contributed by atoms with Crippen LogP contribution < -0.4 is 10.5 Å². The highest BCUT2D eigenvalue weighted by Crippen LogP contribution is 2.27. The zero-order valence-electron chi connectivity index (χ0n) is 10.9. The van der Waals surface area contributed by atoms with Gasteiger partial charge in [0.15, 0.2) is 0 Å². The van der Waals surface area contributed by atoms with Crippen LogP contribution in [0.3, 0.4) is 0 Å². The fourth-order valence-electron chi connectivity index (χ4n) is 1.76. The average Bonchev–Trinajstić information content (AvgIpc) is 2.39. The maximum atomic E-state index is 12.3. The van der Waals surface area contributed by atoms with Crippen LogP contribution in [0.2, 0.25) is 0 Å². The molecule has 0 spiro atoms. The molecule has 0 aromatic heterocycles. The van der Waals surface area contributed by atoms with Gasteiger partial charge in [-0.05, 0) is 24.6 Å². The van der Waals surface area contributed by atoms with Crippen molar-refractivity contribution >= 4 is 5.97 Å². The number of ether oxygens (including phenoxy) is 2. The largest absolute Gasteiger partial charge is 0.466 e. The maximum absolute atomic E-state index is 12.3. The van der Waals surface area contributed by atoms with Crippen molar-refractivity contribution in [2.45, 2.75) is 26.5 Å². The summed E-state index contributed by atoms with van der Waals surface area (Å²) >= 11 is 0. The minimum absolute atomic E-state index is 0.133. The van der Waals surface area contributed by atoms with Crippen molar-refractivity contribution in [1.29, 1.82) is 5.26 Å². The lowest BCUT2D eigenvalue weighted by Gasteiger charge is -2.15. The van der Waals surface area contributed by atoms with Gasteiger partial charge in [-0.3, -0.25) is 4.79 Å². The molecule has 0 fully saturated rings. The van der Waals surface area contributed by atoms with E-state index in [0.29, 0.717) is 0 Å². The number of nitrogens with two attached hydrogens (primary N) is 1. The smallest absolute Gasteiger partial charge is 0.387 e. The Bertz CT molecular complexity index is 527. The Morgan fingerprint density at radius 1 is 1.45 bits per heavy atom. The third-order valence-electron chi connectivity index (χ3n) is 2.56. The van der Waals surface area contributed by atoms with Crippen molar-refractivity contribution in [3.63, 3.8) is 0 Å². The van der Waals surface area contributed by atoms with Crippen LogP contribution in [0.1, 0.15) is 23.6 Å². The first-order valence-electron chi connectivity index (χ1n) is 5.88. The van der Waals surface area contributed by atoms with Gasteiger partial charge in [0.05, 0.1) is 24.7 Å². The molecule has 2 N–H and O–H groups in total. The normalized spacial score (nSPS) is 10.2. The highest BCUT2D eigenvalue weighted by molar-refractivity contribution is 5.74. The summed E-state index contributed by atoms with van der Waals surface area (Å²) in [4.78, 5) is 11.5. The van der Waals surface area contributed by atoms with E-state index in [1.54, 1.807) is 6.92 Å². The molecule has 0 unspecified atom stereocenters. The number of hydrogen-bond donors (Lipinski definition) is 1. The molecule has 108 valence electrons. The molecule has 0 radical (unpaired) electrons. The second kappa shape index (κ2) is 7.40. The van der Waals surface area contributed by atoms with Crippen molar-refractivity contribution in [2.75, 3.05) is 6.61 Å². The van der Waals surface area contributed by atoms with Gasteiger partial charge in [0.25, 0.3) is 0 Å². The number of carbonyl (C=O) groups excluding carboxylic acids is 1. The predicted octanol–water partition coefficient (Wildman–Crippen LogP) is 1.72. The Hall–Kier alpha value is -2.20. The molecule has 5 nitrogen and oxygen atoms in total. The first kappa shape index (κ1) is 15.9. The third-order valence-corrected chi connectivity index (χ3v) is 2.56. The molecule has 7 heteroatoms. The standard InChI is InChI=1S/C13H14F2N2O3/c1-2-19-12(18)5-9-8(6-16)3-4-11(10(9)7-17)20-13(14)15/h3-4,13H,2,5,7,17H2,1H3. The van der Waals surface area contributed by atoms with E-state index in [4.69, 9.17) is 15.7 Å². The van der Waals surface area contributed by atoms with Gasteiger partial charge in [-0.25, -0.2) is 0 Å². The Morgan fingerprint density at radius 2 is 2.15 bits per heavy atom. The molecule has 0 atom stereocenters. The van der Waals surface area contributed by atoms with Crippen LogP contribution in [0.25, 0.3) is 0 Å². The van der Waals surface area contributed by atoms with Gasteiger partial charge in [0.1, 0.15) is 5.75 Å². The highest BCUT2D eigenvalue weighted by Gasteiger charge is 2.18. The molecule has 0 bridgehead atoms. The van der Waals surface area contributed by atoms with E-state index in [0.717, 1.165) is 0 Å². The van der Waals surface area contributed by atoms with Gasteiger partial charge in [0, 0.05) is 12.1 Å². The molecule has 1 aromatic carbocycles. The maximum Gasteiger partial charge on any atom is 0.387 e. The molecule has 1 rings (SSSR count). The van der Waals surface area contributed by atoms with Crippen LogP contribution in [-0.2, 0) is 22.5 Å². The zero-order chi connectivity index (χ0) is 15.1. The second-order valence-electron chi connectivity index (χ2n) is 3.74. The van der Waals surface area contributed by atoms with E-state index in [1.165, 1.54) is 12.1 Å². The number of esters is 1. The number of nitriles is 1. The summed E-state index contributed by atoms with van der Waals surface area (Å²) in [5, 5.41) is 9.02. The predicted molar refractivity (Wildman–Crippen MR) is 66.0 cm³/mol. The van der Waals surface area contributed by atoms with E-state index in [-0.39, 0.29) is 42.0 Å². The fraction of sp³-hybridized carbons (Fsp3) is 0.385. The second-order valence-corrected chi connectivity index (χ2v) is 3.74. The Balaban J connectivity index is 3.22. The van der Waals surface area contributed by atoms with Gasteiger partial charge in [0.2, 0.25) is 0 Å². The van der Waals surface area contributed by atoms with Gasteiger partial charge in [-0.1, -0.05) is 0 Å². The summed E-state index contributed by atoms with van der Waals surface area (Å²) in [6.07, 6.45) is -0.219. The first-order valence-corrected chi connectivity index (χ1v) is 5.88. The summed E-state index contributed by atoms with van der Waals surface area (Å²) in [5.74, 6) is -0.700. The van der Waals surface area contributed by atoms with Crippen LogP contribution in [-0.4, -0.2) is 19.2 Å². The van der Waals surface area contributed by atoms with Crippen LogP contribution in [0, 0.1) is 11.3 Å². The minimum Gasteiger partial charge on any atom is -0.466 e. The summed E-state index contributed by atoms with van der Waals surface area (Å²) in [7, 11) is 0. The van der Waals surface area contributed by atoms with Crippen molar-refractivity contribution in [2.24, 2.45) is 5.73 Å². The lowest BCUT2D eigenvalue weighted by molar-refractivity contribution is -0.142. The van der Waals surface area contributed by atoms with Crippen LogP contribution in [0.4, 0.5) is 8.78 Å². The SMILES string of the molecule is CCOC(=O)Cc1c(C#N)ccc(OC(F)F)c1CN. The molecule has 0 saturated heterocycles. The average molecular weight is 284 g/mol. The van der Waals surface area contributed by atoms with Gasteiger partial charge in [-0.15, -0.1) is 0 Å². The van der Waals surface area contributed by atoms with Crippen LogP contribution >= 0.6 is 0 Å². The molecule has 0 aliphatic rings. The Morgan fingerprint density at radius 3 is 2.65 bits per heavy atom. The molecule has 0 aliphatic heterocycles. The van der Waals surface area contributed by atoms with Crippen molar-refractivity contribution in [3.05, 3.63) is 28.8 Å². The molecule has 0 saturated carbocycles. The molecule has 0 amide bonds. The third kappa shape index (κ3) is 3.90. The number of benzene rings is 1.